The summed E-state index contributed by atoms with van der Waals surface area (Å²) in [6, 6.07) is 15.5. The number of amides is 2. The van der Waals surface area contributed by atoms with E-state index in [9.17, 15) is 14.0 Å². The van der Waals surface area contributed by atoms with Crippen LogP contribution in [0.15, 0.2) is 59.7 Å². The second-order valence-electron chi connectivity index (χ2n) is 6.29. The van der Waals surface area contributed by atoms with Crippen molar-refractivity contribution in [1.82, 2.24) is 5.01 Å². The summed E-state index contributed by atoms with van der Waals surface area (Å²) in [5, 5.41) is 5.85. The van der Waals surface area contributed by atoms with Crippen molar-refractivity contribution in [2.24, 2.45) is 5.10 Å². The molecule has 27 heavy (non-hydrogen) atoms. The van der Waals surface area contributed by atoms with Crippen LogP contribution in [0.2, 0.25) is 0 Å². The van der Waals surface area contributed by atoms with Crippen LogP contribution in [0.5, 0.6) is 0 Å². The van der Waals surface area contributed by atoms with E-state index in [-0.39, 0.29) is 30.5 Å². The van der Waals surface area contributed by atoms with Crippen LogP contribution in [-0.2, 0) is 9.59 Å². The summed E-state index contributed by atoms with van der Waals surface area (Å²) < 4.78 is 13.1. The molecule has 2 aromatic rings. The molecule has 0 spiro atoms. The van der Waals surface area contributed by atoms with Crippen LogP contribution in [0.4, 0.5) is 10.1 Å². The Morgan fingerprint density at radius 1 is 1.07 bits per heavy atom. The van der Waals surface area contributed by atoms with E-state index < -0.39 is 0 Å². The van der Waals surface area contributed by atoms with Gasteiger partial charge in [0.2, 0.25) is 11.8 Å². The normalized spacial score (nSPS) is 13.4. The second kappa shape index (κ2) is 8.58. The van der Waals surface area contributed by atoms with Gasteiger partial charge in [-0.2, -0.15) is 5.10 Å². The first-order valence-electron chi connectivity index (χ1n) is 9.07. The van der Waals surface area contributed by atoms with E-state index in [4.69, 9.17) is 0 Å². The number of rotatable bonds is 6. The molecule has 0 saturated heterocycles. The summed E-state index contributed by atoms with van der Waals surface area (Å²) in [4.78, 5) is 26.5. The summed E-state index contributed by atoms with van der Waals surface area (Å²) in [5.74, 6) is -0.674. The van der Waals surface area contributed by atoms with Gasteiger partial charge >= 0.3 is 0 Å². The number of halogens is 1. The first-order chi connectivity index (χ1) is 13.1. The van der Waals surface area contributed by atoms with Crippen LogP contribution < -0.4 is 4.90 Å². The standard InChI is InChI=1S/C21H22FN3O2/c1-2-24(18-10-8-17(22)9-11-18)20(26)12-13-21(27)25-15-14-19(23-25)16-6-4-3-5-7-16/h3-11H,2,12-15H2,1H3. The molecule has 0 radical (unpaired) electrons. The van der Waals surface area contributed by atoms with Crippen molar-refractivity contribution in [3.63, 3.8) is 0 Å². The minimum Gasteiger partial charge on any atom is -0.313 e. The van der Waals surface area contributed by atoms with Crippen LogP contribution in [-0.4, -0.2) is 35.6 Å². The molecule has 140 valence electrons. The van der Waals surface area contributed by atoms with Gasteiger partial charge in [-0.3, -0.25) is 9.59 Å². The maximum atomic E-state index is 13.1. The smallest absolute Gasteiger partial charge is 0.243 e. The van der Waals surface area contributed by atoms with Gasteiger partial charge in [-0.05, 0) is 36.8 Å². The Balaban J connectivity index is 1.57. The van der Waals surface area contributed by atoms with Crippen LogP contribution in [0.25, 0.3) is 0 Å². The van der Waals surface area contributed by atoms with Gasteiger partial charge in [0.05, 0.1) is 12.3 Å². The molecule has 0 unspecified atom stereocenters. The number of hydrazone groups is 1. The Morgan fingerprint density at radius 2 is 1.78 bits per heavy atom. The molecule has 0 bridgehead atoms. The van der Waals surface area contributed by atoms with Gasteiger partial charge in [0.15, 0.2) is 0 Å². The van der Waals surface area contributed by atoms with Crippen molar-refractivity contribution in [3.05, 3.63) is 66.0 Å². The molecule has 1 aliphatic heterocycles. The first-order valence-corrected chi connectivity index (χ1v) is 9.07. The number of benzene rings is 2. The summed E-state index contributed by atoms with van der Waals surface area (Å²) >= 11 is 0. The molecule has 5 nitrogen and oxygen atoms in total. The number of carbonyl (C=O) groups excluding carboxylic acids is 2. The van der Waals surface area contributed by atoms with Gasteiger partial charge < -0.3 is 4.90 Å². The fraction of sp³-hybridized carbons (Fsp3) is 0.286. The highest BCUT2D eigenvalue weighted by Gasteiger charge is 2.23. The van der Waals surface area contributed by atoms with Crippen LogP contribution in [0, 0.1) is 5.82 Å². The van der Waals surface area contributed by atoms with Gasteiger partial charge in [-0.25, -0.2) is 9.40 Å². The average Bonchev–Trinajstić information content (AvgIpc) is 3.19. The van der Waals surface area contributed by atoms with Crippen molar-refractivity contribution in [2.45, 2.75) is 26.2 Å². The fourth-order valence-electron chi connectivity index (χ4n) is 3.07. The highest BCUT2D eigenvalue weighted by molar-refractivity contribution is 6.03. The highest BCUT2D eigenvalue weighted by atomic mass is 19.1. The van der Waals surface area contributed by atoms with Crippen LogP contribution in [0.1, 0.15) is 31.7 Å². The molecule has 0 aliphatic carbocycles. The van der Waals surface area contributed by atoms with Crippen molar-refractivity contribution in [2.75, 3.05) is 18.0 Å². The zero-order valence-electron chi connectivity index (χ0n) is 15.3. The Kier molecular flexibility index (Phi) is 5.96. The topological polar surface area (TPSA) is 53.0 Å². The zero-order valence-corrected chi connectivity index (χ0v) is 15.3. The Morgan fingerprint density at radius 3 is 2.44 bits per heavy atom. The van der Waals surface area contributed by atoms with Crippen LogP contribution in [0.3, 0.4) is 0 Å². The molecule has 1 aliphatic rings. The maximum absolute atomic E-state index is 13.1. The average molecular weight is 367 g/mol. The van der Waals surface area contributed by atoms with E-state index in [1.54, 1.807) is 17.0 Å². The molecule has 0 atom stereocenters. The molecule has 2 amide bonds. The van der Waals surface area contributed by atoms with E-state index in [0.717, 1.165) is 11.3 Å². The predicted octanol–water partition coefficient (Wildman–Crippen LogP) is 3.60. The van der Waals surface area contributed by atoms with Crippen molar-refractivity contribution in [1.29, 1.82) is 0 Å². The quantitative estimate of drug-likeness (QED) is 0.783. The second-order valence-corrected chi connectivity index (χ2v) is 6.29. The molecular formula is C21H22FN3O2. The summed E-state index contributed by atoms with van der Waals surface area (Å²) in [5.41, 5.74) is 2.52. The first kappa shape index (κ1) is 18.8. The maximum Gasteiger partial charge on any atom is 0.243 e. The predicted molar refractivity (Wildman–Crippen MR) is 103 cm³/mol. The molecule has 0 fully saturated rings. The molecule has 0 aromatic heterocycles. The van der Waals surface area contributed by atoms with Crippen molar-refractivity contribution in [3.8, 4) is 0 Å². The molecule has 6 heteroatoms. The highest BCUT2D eigenvalue weighted by Crippen LogP contribution is 2.18. The van der Waals surface area contributed by atoms with Gasteiger partial charge in [0, 0.05) is 31.5 Å². The molecular weight excluding hydrogens is 345 g/mol. The Labute approximate surface area is 158 Å². The largest absolute Gasteiger partial charge is 0.313 e. The van der Waals surface area contributed by atoms with E-state index in [0.29, 0.717) is 25.2 Å². The molecule has 0 N–H and O–H groups in total. The summed E-state index contributed by atoms with van der Waals surface area (Å²) in [7, 11) is 0. The Hall–Kier alpha value is -3.02. The van der Waals surface area contributed by atoms with Gasteiger partial charge in [-0.15, -0.1) is 0 Å². The minimum absolute atomic E-state index is 0.0940. The number of nitrogens with zero attached hydrogens (tertiary/aromatic N) is 3. The third-order valence-corrected chi connectivity index (χ3v) is 4.51. The number of hydrogen-bond acceptors (Lipinski definition) is 3. The number of anilines is 1. The van der Waals surface area contributed by atoms with Crippen molar-refractivity contribution >= 4 is 23.2 Å². The number of hydrogen-bond donors (Lipinski definition) is 0. The van der Waals surface area contributed by atoms with E-state index in [2.05, 4.69) is 5.10 Å². The molecule has 3 rings (SSSR count). The van der Waals surface area contributed by atoms with E-state index >= 15 is 0 Å². The lowest BCUT2D eigenvalue weighted by Crippen LogP contribution is -2.32. The fourth-order valence-corrected chi connectivity index (χ4v) is 3.07. The van der Waals surface area contributed by atoms with Crippen molar-refractivity contribution < 1.29 is 14.0 Å². The van der Waals surface area contributed by atoms with Crippen LogP contribution >= 0.6 is 0 Å². The summed E-state index contributed by atoms with van der Waals surface area (Å²) in [6.07, 6.45) is 0.902. The summed E-state index contributed by atoms with van der Waals surface area (Å²) in [6.45, 7) is 2.84. The van der Waals surface area contributed by atoms with Gasteiger partial charge in [0.1, 0.15) is 5.82 Å². The SMILES string of the molecule is CCN(C(=O)CCC(=O)N1CCC(c2ccccc2)=N1)c1ccc(F)cc1. The minimum atomic E-state index is -0.349. The zero-order chi connectivity index (χ0) is 19.2. The van der Waals surface area contributed by atoms with Gasteiger partial charge in [0.25, 0.3) is 0 Å². The molecule has 1 heterocycles. The third-order valence-electron chi connectivity index (χ3n) is 4.51. The Bertz CT molecular complexity index is 834. The monoisotopic (exact) mass is 367 g/mol. The number of carbonyl (C=O) groups is 2. The lowest BCUT2D eigenvalue weighted by atomic mass is 10.1. The molecule has 2 aromatic carbocycles. The lowest BCUT2D eigenvalue weighted by molar-refractivity contribution is -0.132. The third kappa shape index (κ3) is 4.58. The van der Waals surface area contributed by atoms with E-state index in [1.165, 1.54) is 17.1 Å². The lowest BCUT2D eigenvalue weighted by Gasteiger charge is -2.21. The molecule has 0 saturated carbocycles. The van der Waals surface area contributed by atoms with Gasteiger partial charge in [-0.1, -0.05) is 30.3 Å². The van der Waals surface area contributed by atoms with E-state index in [1.807, 2.05) is 37.3 Å².